The molecule has 1 aromatic carbocycles. The van der Waals surface area contributed by atoms with Crippen molar-refractivity contribution < 1.29 is 13.2 Å². The van der Waals surface area contributed by atoms with E-state index < -0.39 is 10.0 Å². The number of carbonyl (C=O) groups is 1. The standard InChI is InChI=1S/C16H23BrN2O3S/c1-12-4-3-5-13(2)19(12)16(20)10-11-18-23(21,22)15-8-6-14(17)7-9-15/h6-9,12-13,18H,3-5,10-11H2,1-2H3. The van der Waals surface area contributed by atoms with Crippen LogP contribution in [0.5, 0.6) is 0 Å². The molecule has 1 saturated heterocycles. The van der Waals surface area contributed by atoms with Crippen LogP contribution >= 0.6 is 15.9 Å². The van der Waals surface area contributed by atoms with Crippen LogP contribution in [0.2, 0.25) is 0 Å². The van der Waals surface area contributed by atoms with Crippen LogP contribution in [-0.4, -0.2) is 37.9 Å². The minimum absolute atomic E-state index is 0.0169. The quantitative estimate of drug-likeness (QED) is 0.822. The molecule has 1 amide bonds. The summed E-state index contributed by atoms with van der Waals surface area (Å²) >= 11 is 3.27. The summed E-state index contributed by atoms with van der Waals surface area (Å²) in [6.45, 7) is 4.23. The molecule has 0 saturated carbocycles. The second-order valence-electron chi connectivity index (χ2n) is 6.03. The minimum Gasteiger partial charge on any atom is -0.337 e. The van der Waals surface area contributed by atoms with E-state index in [2.05, 4.69) is 34.5 Å². The number of likely N-dealkylation sites (tertiary alicyclic amines) is 1. The molecular formula is C16H23BrN2O3S. The summed E-state index contributed by atoms with van der Waals surface area (Å²) < 4.78 is 27.7. The van der Waals surface area contributed by atoms with E-state index in [9.17, 15) is 13.2 Å². The van der Waals surface area contributed by atoms with E-state index in [1.54, 1.807) is 12.1 Å². The summed E-state index contributed by atoms with van der Waals surface area (Å²) in [4.78, 5) is 14.5. The molecule has 7 heteroatoms. The summed E-state index contributed by atoms with van der Waals surface area (Å²) in [5.74, 6) is 0.0169. The number of hydrogen-bond acceptors (Lipinski definition) is 3. The second-order valence-corrected chi connectivity index (χ2v) is 8.71. The van der Waals surface area contributed by atoms with E-state index in [0.717, 1.165) is 23.7 Å². The molecule has 1 aromatic rings. The first-order valence-electron chi connectivity index (χ1n) is 7.87. The van der Waals surface area contributed by atoms with Crippen molar-refractivity contribution in [3.63, 3.8) is 0 Å². The molecule has 0 bridgehead atoms. The van der Waals surface area contributed by atoms with E-state index >= 15 is 0 Å². The number of rotatable bonds is 5. The van der Waals surface area contributed by atoms with E-state index in [1.807, 2.05) is 4.90 Å². The van der Waals surface area contributed by atoms with Crippen molar-refractivity contribution in [3.05, 3.63) is 28.7 Å². The fourth-order valence-electron chi connectivity index (χ4n) is 3.03. The van der Waals surface area contributed by atoms with Crippen LogP contribution in [0.1, 0.15) is 39.5 Å². The SMILES string of the molecule is CC1CCCC(C)N1C(=O)CCNS(=O)(=O)c1ccc(Br)cc1. The average Bonchev–Trinajstić information content (AvgIpc) is 2.47. The van der Waals surface area contributed by atoms with Gasteiger partial charge in [-0.1, -0.05) is 15.9 Å². The van der Waals surface area contributed by atoms with Crippen molar-refractivity contribution in [3.8, 4) is 0 Å². The lowest BCUT2D eigenvalue weighted by Crippen LogP contribution is -2.48. The Hall–Kier alpha value is -0.920. The van der Waals surface area contributed by atoms with Gasteiger partial charge in [0, 0.05) is 29.5 Å². The van der Waals surface area contributed by atoms with Crippen molar-refractivity contribution in [2.45, 2.75) is 56.5 Å². The van der Waals surface area contributed by atoms with Crippen molar-refractivity contribution in [1.82, 2.24) is 9.62 Å². The van der Waals surface area contributed by atoms with Gasteiger partial charge < -0.3 is 4.90 Å². The smallest absolute Gasteiger partial charge is 0.240 e. The highest BCUT2D eigenvalue weighted by atomic mass is 79.9. The summed E-state index contributed by atoms with van der Waals surface area (Å²) in [5.41, 5.74) is 0. The van der Waals surface area contributed by atoms with Gasteiger partial charge in [0.05, 0.1) is 4.90 Å². The normalized spacial score (nSPS) is 22.1. The van der Waals surface area contributed by atoms with Crippen LogP contribution in [0.3, 0.4) is 0 Å². The third kappa shape index (κ3) is 4.78. The molecule has 5 nitrogen and oxygen atoms in total. The molecule has 2 rings (SSSR count). The summed E-state index contributed by atoms with van der Waals surface area (Å²) in [7, 11) is -3.57. The number of nitrogens with one attached hydrogen (secondary N) is 1. The molecule has 128 valence electrons. The molecule has 1 aliphatic rings. The van der Waals surface area contributed by atoms with E-state index in [-0.39, 0.29) is 35.9 Å². The van der Waals surface area contributed by atoms with Gasteiger partial charge in [0.25, 0.3) is 0 Å². The summed E-state index contributed by atoms with van der Waals surface area (Å²) in [6.07, 6.45) is 3.36. The largest absolute Gasteiger partial charge is 0.337 e. The molecule has 0 aliphatic carbocycles. The summed E-state index contributed by atoms with van der Waals surface area (Å²) in [5, 5.41) is 0. The number of nitrogens with zero attached hydrogens (tertiary/aromatic N) is 1. The molecule has 1 aliphatic heterocycles. The van der Waals surface area contributed by atoms with Crippen LogP contribution in [0.4, 0.5) is 0 Å². The Kier molecular flexibility index (Phi) is 6.22. The van der Waals surface area contributed by atoms with E-state index in [0.29, 0.717) is 0 Å². The second kappa shape index (κ2) is 7.77. The number of sulfonamides is 1. The maximum absolute atomic E-state index is 12.4. The highest BCUT2D eigenvalue weighted by Crippen LogP contribution is 2.23. The van der Waals surface area contributed by atoms with Crippen molar-refractivity contribution in [2.24, 2.45) is 0 Å². The van der Waals surface area contributed by atoms with Crippen molar-refractivity contribution >= 4 is 31.9 Å². The zero-order chi connectivity index (χ0) is 17.0. The van der Waals surface area contributed by atoms with Crippen molar-refractivity contribution in [2.75, 3.05) is 6.54 Å². The van der Waals surface area contributed by atoms with Gasteiger partial charge >= 0.3 is 0 Å². The molecular weight excluding hydrogens is 380 g/mol. The molecule has 0 radical (unpaired) electrons. The number of hydrogen-bond donors (Lipinski definition) is 1. The van der Waals surface area contributed by atoms with Crippen LogP contribution < -0.4 is 4.72 Å². The number of amides is 1. The van der Waals surface area contributed by atoms with Gasteiger partial charge in [0.2, 0.25) is 15.9 Å². The van der Waals surface area contributed by atoms with Gasteiger partial charge in [-0.2, -0.15) is 0 Å². The lowest BCUT2D eigenvalue weighted by Gasteiger charge is -2.39. The Labute approximate surface area is 146 Å². The van der Waals surface area contributed by atoms with Gasteiger partial charge in [-0.15, -0.1) is 0 Å². The Balaban J connectivity index is 1.91. The van der Waals surface area contributed by atoms with Crippen LogP contribution in [-0.2, 0) is 14.8 Å². The topological polar surface area (TPSA) is 66.5 Å². The predicted molar refractivity (Wildman–Crippen MR) is 93.6 cm³/mol. The van der Waals surface area contributed by atoms with E-state index in [4.69, 9.17) is 0 Å². The van der Waals surface area contributed by atoms with Gasteiger partial charge in [0.15, 0.2) is 0 Å². The van der Waals surface area contributed by atoms with Crippen LogP contribution in [0, 0.1) is 0 Å². The molecule has 0 aromatic heterocycles. The fourth-order valence-corrected chi connectivity index (χ4v) is 4.33. The van der Waals surface area contributed by atoms with Gasteiger partial charge in [-0.05, 0) is 57.4 Å². The first kappa shape index (κ1) is 18.4. The average molecular weight is 403 g/mol. The third-order valence-corrected chi connectivity index (χ3v) is 6.24. The number of piperidine rings is 1. The first-order chi connectivity index (χ1) is 10.8. The van der Waals surface area contributed by atoms with Gasteiger partial charge in [-0.3, -0.25) is 4.79 Å². The molecule has 2 unspecified atom stereocenters. The maximum Gasteiger partial charge on any atom is 0.240 e. The predicted octanol–water partition coefficient (Wildman–Crippen LogP) is 2.91. The molecule has 0 spiro atoms. The van der Waals surface area contributed by atoms with E-state index in [1.165, 1.54) is 12.1 Å². The summed E-state index contributed by atoms with van der Waals surface area (Å²) in [6, 6.07) is 6.88. The molecule has 23 heavy (non-hydrogen) atoms. The highest BCUT2D eigenvalue weighted by Gasteiger charge is 2.28. The Morgan fingerprint density at radius 2 is 1.78 bits per heavy atom. The molecule has 1 heterocycles. The Morgan fingerprint density at radius 1 is 1.22 bits per heavy atom. The van der Waals surface area contributed by atoms with Gasteiger partial charge in [-0.25, -0.2) is 13.1 Å². The highest BCUT2D eigenvalue weighted by molar-refractivity contribution is 9.10. The fraction of sp³-hybridized carbons (Fsp3) is 0.562. The van der Waals surface area contributed by atoms with Crippen molar-refractivity contribution in [1.29, 1.82) is 0 Å². The number of carbonyl (C=O) groups excluding carboxylic acids is 1. The lowest BCUT2D eigenvalue weighted by molar-refractivity contribution is -0.137. The zero-order valence-corrected chi connectivity index (χ0v) is 15.9. The zero-order valence-electron chi connectivity index (χ0n) is 13.5. The third-order valence-electron chi connectivity index (χ3n) is 4.24. The number of benzene rings is 1. The van der Waals surface area contributed by atoms with Crippen LogP contribution in [0.25, 0.3) is 0 Å². The molecule has 1 N–H and O–H groups in total. The Morgan fingerprint density at radius 3 is 2.35 bits per heavy atom. The Bertz CT molecular complexity index is 636. The monoisotopic (exact) mass is 402 g/mol. The molecule has 1 fully saturated rings. The minimum atomic E-state index is -3.57. The first-order valence-corrected chi connectivity index (χ1v) is 10.2. The van der Waals surface area contributed by atoms with Crippen LogP contribution in [0.15, 0.2) is 33.6 Å². The lowest BCUT2D eigenvalue weighted by atomic mass is 9.97. The van der Waals surface area contributed by atoms with Gasteiger partial charge in [0.1, 0.15) is 0 Å². The maximum atomic E-state index is 12.4. The number of halogens is 1. The molecule has 2 atom stereocenters.